The van der Waals surface area contributed by atoms with Crippen molar-refractivity contribution in [3.63, 3.8) is 0 Å². The maximum atomic E-state index is 8.88. The molecule has 1 N–H and O–H groups in total. The Labute approximate surface area is 132 Å². The summed E-state index contributed by atoms with van der Waals surface area (Å²) in [7, 11) is 0. The topological polar surface area (TPSA) is 45.0 Å². The maximum Gasteiger partial charge on any atom is 0.0991 e. The van der Waals surface area contributed by atoms with Gasteiger partial charge in [0.25, 0.3) is 0 Å². The zero-order chi connectivity index (χ0) is 15.6. The third-order valence-corrected chi connectivity index (χ3v) is 3.39. The van der Waals surface area contributed by atoms with Crippen LogP contribution in [0.15, 0.2) is 54.6 Å². The minimum atomic E-state index is 0.447. The molecule has 0 aromatic heterocycles. The highest BCUT2D eigenvalue weighted by Crippen LogP contribution is 2.05. The minimum absolute atomic E-state index is 0.447. The fourth-order valence-corrected chi connectivity index (χ4v) is 2.22. The van der Waals surface area contributed by atoms with Crippen molar-refractivity contribution >= 4 is 0 Å². The van der Waals surface area contributed by atoms with E-state index in [0.29, 0.717) is 18.1 Å². The van der Waals surface area contributed by atoms with Crippen LogP contribution in [0.25, 0.3) is 0 Å². The average molecular weight is 294 g/mol. The molecule has 1 atom stereocenters. The molecule has 0 saturated carbocycles. The van der Waals surface area contributed by atoms with E-state index in [1.807, 2.05) is 42.5 Å². The second-order valence-corrected chi connectivity index (χ2v) is 5.55. The molecule has 0 bridgehead atoms. The maximum absolute atomic E-state index is 8.88. The number of hydrogen-bond donors (Lipinski definition) is 1. The molecule has 22 heavy (non-hydrogen) atoms. The predicted octanol–water partition coefficient (Wildman–Crippen LogP) is 3.50. The van der Waals surface area contributed by atoms with Crippen LogP contribution in [0.1, 0.15) is 23.6 Å². The van der Waals surface area contributed by atoms with E-state index >= 15 is 0 Å². The van der Waals surface area contributed by atoms with E-state index in [4.69, 9.17) is 10.00 Å². The number of nitrogens with zero attached hydrogens (tertiary/aromatic N) is 1. The normalized spacial score (nSPS) is 11.8. The van der Waals surface area contributed by atoms with E-state index in [0.717, 1.165) is 25.3 Å². The minimum Gasteiger partial charge on any atom is -0.376 e. The van der Waals surface area contributed by atoms with Gasteiger partial charge in [-0.2, -0.15) is 5.26 Å². The van der Waals surface area contributed by atoms with Gasteiger partial charge in [-0.1, -0.05) is 49.4 Å². The highest BCUT2D eigenvalue weighted by atomic mass is 16.5. The van der Waals surface area contributed by atoms with Crippen LogP contribution in [0, 0.1) is 17.2 Å². The summed E-state index contributed by atoms with van der Waals surface area (Å²) in [6.45, 7) is 5.24. The lowest BCUT2D eigenvalue weighted by atomic mass is 10.1. The number of nitrogens with one attached hydrogen (secondary N) is 1. The largest absolute Gasteiger partial charge is 0.376 e. The lowest BCUT2D eigenvalue weighted by Gasteiger charge is -2.13. The van der Waals surface area contributed by atoms with Crippen LogP contribution >= 0.6 is 0 Å². The van der Waals surface area contributed by atoms with Gasteiger partial charge in [0, 0.05) is 13.1 Å². The van der Waals surface area contributed by atoms with Gasteiger partial charge in [0.05, 0.1) is 24.8 Å². The Morgan fingerprint density at radius 2 is 1.86 bits per heavy atom. The molecule has 0 aliphatic rings. The summed E-state index contributed by atoms with van der Waals surface area (Å²) in [4.78, 5) is 0. The van der Waals surface area contributed by atoms with Gasteiger partial charge in [-0.3, -0.25) is 0 Å². The van der Waals surface area contributed by atoms with E-state index < -0.39 is 0 Å². The molecule has 2 aromatic carbocycles. The smallest absolute Gasteiger partial charge is 0.0991 e. The molecule has 2 rings (SSSR count). The van der Waals surface area contributed by atoms with Crippen molar-refractivity contribution in [2.75, 3.05) is 13.2 Å². The molecule has 0 aliphatic carbocycles. The summed E-state index contributed by atoms with van der Waals surface area (Å²) in [5, 5.41) is 12.3. The van der Waals surface area contributed by atoms with Gasteiger partial charge in [-0.15, -0.1) is 0 Å². The summed E-state index contributed by atoms with van der Waals surface area (Å²) >= 11 is 0. The van der Waals surface area contributed by atoms with Crippen molar-refractivity contribution < 1.29 is 4.74 Å². The summed E-state index contributed by atoms with van der Waals surface area (Å²) < 4.78 is 5.74. The lowest BCUT2D eigenvalue weighted by Crippen LogP contribution is -2.23. The summed E-state index contributed by atoms with van der Waals surface area (Å²) in [5.41, 5.74) is 3.05. The molecule has 0 fully saturated rings. The second kappa shape index (κ2) is 8.99. The first kappa shape index (κ1) is 16.2. The van der Waals surface area contributed by atoms with Crippen LogP contribution in [0.5, 0.6) is 0 Å². The first-order valence-corrected chi connectivity index (χ1v) is 7.59. The molecule has 0 spiro atoms. The van der Waals surface area contributed by atoms with Crippen molar-refractivity contribution in [1.82, 2.24) is 5.32 Å². The number of benzene rings is 2. The highest BCUT2D eigenvalue weighted by Gasteiger charge is 2.03. The Bertz CT molecular complexity index is 604. The van der Waals surface area contributed by atoms with Gasteiger partial charge < -0.3 is 10.1 Å². The van der Waals surface area contributed by atoms with Crippen LogP contribution in [-0.2, 0) is 17.9 Å². The Morgan fingerprint density at radius 3 is 2.64 bits per heavy atom. The van der Waals surface area contributed by atoms with Crippen molar-refractivity contribution in [2.45, 2.75) is 20.1 Å². The number of ether oxygens (including phenoxy) is 1. The number of hydrogen-bond acceptors (Lipinski definition) is 3. The van der Waals surface area contributed by atoms with Gasteiger partial charge in [-0.25, -0.2) is 0 Å². The zero-order valence-corrected chi connectivity index (χ0v) is 13.0. The fraction of sp³-hybridized carbons (Fsp3) is 0.316. The Kier molecular flexibility index (Phi) is 6.63. The molecule has 1 unspecified atom stereocenters. The van der Waals surface area contributed by atoms with Crippen molar-refractivity contribution in [3.05, 3.63) is 71.3 Å². The monoisotopic (exact) mass is 294 g/mol. The Morgan fingerprint density at radius 1 is 1.09 bits per heavy atom. The predicted molar refractivity (Wildman–Crippen MR) is 88.1 cm³/mol. The molecule has 3 heteroatoms. The fourth-order valence-electron chi connectivity index (χ4n) is 2.22. The van der Waals surface area contributed by atoms with Gasteiger partial charge in [-0.05, 0) is 29.2 Å². The highest BCUT2D eigenvalue weighted by molar-refractivity contribution is 5.32. The Balaban J connectivity index is 1.63. The van der Waals surface area contributed by atoms with Crippen LogP contribution in [0.3, 0.4) is 0 Å². The molecule has 3 nitrogen and oxygen atoms in total. The first-order chi connectivity index (χ1) is 10.8. The van der Waals surface area contributed by atoms with E-state index in [9.17, 15) is 0 Å². The lowest BCUT2D eigenvalue weighted by molar-refractivity contribution is 0.0917. The van der Waals surface area contributed by atoms with Crippen LogP contribution in [-0.4, -0.2) is 13.2 Å². The van der Waals surface area contributed by atoms with Gasteiger partial charge >= 0.3 is 0 Å². The average Bonchev–Trinajstić information content (AvgIpc) is 2.56. The second-order valence-electron chi connectivity index (χ2n) is 5.55. The van der Waals surface area contributed by atoms with Gasteiger partial charge in [0.1, 0.15) is 0 Å². The van der Waals surface area contributed by atoms with Gasteiger partial charge in [0.2, 0.25) is 0 Å². The zero-order valence-electron chi connectivity index (χ0n) is 13.0. The van der Waals surface area contributed by atoms with E-state index in [1.54, 1.807) is 0 Å². The van der Waals surface area contributed by atoms with Crippen LogP contribution < -0.4 is 5.32 Å². The molecular weight excluding hydrogens is 272 g/mol. The van der Waals surface area contributed by atoms with E-state index in [2.05, 4.69) is 30.4 Å². The number of rotatable bonds is 8. The standard InChI is InChI=1S/C19H22N2O/c1-16(14-22-15-17-6-3-2-4-7-17)12-21-13-19-9-5-8-18(10-19)11-20/h2-10,16,21H,12-15H2,1H3. The van der Waals surface area contributed by atoms with Crippen LogP contribution in [0.4, 0.5) is 0 Å². The SMILES string of the molecule is CC(CNCc1cccc(C#N)c1)COCc1ccccc1. The first-order valence-electron chi connectivity index (χ1n) is 7.59. The molecule has 2 aromatic rings. The van der Waals surface area contributed by atoms with Crippen LogP contribution in [0.2, 0.25) is 0 Å². The Hall–Kier alpha value is -2.15. The molecule has 0 radical (unpaired) electrons. The summed E-state index contributed by atoms with van der Waals surface area (Å²) in [5.74, 6) is 0.447. The van der Waals surface area contributed by atoms with Crippen molar-refractivity contribution in [2.24, 2.45) is 5.92 Å². The number of nitriles is 1. The molecule has 0 saturated heterocycles. The van der Waals surface area contributed by atoms with Crippen molar-refractivity contribution in [1.29, 1.82) is 5.26 Å². The molecule has 0 heterocycles. The quantitative estimate of drug-likeness (QED) is 0.810. The summed E-state index contributed by atoms with van der Waals surface area (Å²) in [6.07, 6.45) is 0. The molecule has 0 aliphatic heterocycles. The van der Waals surface area contributed by atoms with E-state index in [1.165, 1.54) is 5.56 Å². The molecular formula is C19H22N2O. The third-order valence-electron chi connectivity index (χ3n) is 3.39. The summed E-state index contributed by atoms with van der Waals surface area (Å²) in [6, 6.07) is 20.1. The molecule has 114 valence electrons. The van der Waals surface area contributed by atoms with Crippen molar-refractivity contribution in [3.8, 4) is 6.07 Å². The van der Waals surface area contributed by atoms with E-state index in [-0.39, 0.29) is 0 Å². The third kappa shape index (κ3) is 5.69. The van der Waals surface area contributed by atoms with Gasteiger partial charge in [0.15, 0.2) is 0 Å². The molecule has 0 amide bonds.